The number of hydrogen-bond donors (Lipinski definition) is 3. The first-order valence-electron chi connectivity index (χ1n) is 14.1. The lowest BCUT2D eigenvalue weighted by atomic mass is 9.96. The standard InChI is InChI=1S/C32H46O4/c1-2-3-4-5-6-7-8-9-10-11-12-13-14-15-16-17-30(35)32-27(24-29(34)25-31(32)36)21-18-26-19-22-28(33)23-20-26/h18-25,33-34,36H,2-17H2,1H3. The van der Waals surface area contributed by atoms with Crippen LogP contribution in [0.5, 0.6) is 17.2 Å². The SMILES string of the molecule is CCCCCCCCCCCCCCCCCC(=O)c1c(O)cc(O)cc1C=Cc1ccc(O)cc1. The van der Waals surface area contributed by atoms with Gasteiger partial charge in [0, 0.05) is 12.5 Å². The van der Waals surface area contributed by atoms with Gasteiger partial charge in [0.15, 0.2) is 5.78 Å². The Labute approximate surface area is 218 Å². The van der Waals surface area contributed by atoms with E-state index in [1.54, 1.807) is 36.4 Å². The molecule has 2 rings (SSSR count). The summed E-state index contributed by atoms with van der Waals surface area (Å²) >= 11 is 0. The molecule has 0 fully saturated rings. The van der Waals surface area contributed by atoms with Crippen molar-refractivity contribution in [2.75, 3.05) is 0 Å². The highest BCUT2D eigenvalue weighted by Gasteiger charge is 2.16. The lowest BCUT2D eigenvalue weighted by molar-refractivity contribution is 0.0976. The molecule has 0 bridgehead atoms. The molecule has 4 nitrogen and oxygen atoms in total. The number of ketones is 1. The summed E-state index contributed by atoms with van der Waals surface area (Å²) in [6.07, 6.45) is 23.0. The quantitative estimate of drug-likeness (QED) is 0.103. The van der Waals surface area contributed by atoms with E-state index in [1.807, 2.05) is 0 Å². The molecule has 0 aliphatic heterocycles. The summed E-state index contributed by atoms with van der Waals surface area (Å²) in [4.78, 5) is 12.9. The average Bonchev–Trinajstić information content (AvgIpc) is 2.85. The minimum Gasteiger partial charge on any atom is -0.508 e. The Morgan fingerprint density at radius 1 is 0.639 bits per heavy atom. The lowest BCUT2D eigenvalue weighted by Gasteiger charge is -2.09. The predicted octanol–water partition coefficient (Wildman–Crippen LogP) is 9.42. The van der Waals surface area contributed by atoms with Gasteiger partial charge >= 0.3 is 0 Å². The predicted molar refractivity (Wildman–Crippen MR) is 151 cm³/mol. The highest BCUT2D eigenvalue weighted by Crippen LogP contribution is 2.30. The first-order chi connectivity index (χ1) is 17.5. The minimum absolute atomic E-state index is 0.0821. The second-order valence-electron chi connectivity index (χ2n) is 9.98. The van der Waals surface area contributed by atoms with Crippen LogP contribution in [0.1, 0.15) is 131 Å². The molecule has 0 amide bonds. The van der Waals surface area contributed by atoms with Crippen LogP contribution in [-0.4, -0.2) is 21.1 Å². The highest BCUT2D eigenvalue weighted by atomic mass is 16.3. The van der Waals surface area contributed by atoms with Crippen molar-refractivity contribution in [2.45, 2.75) is 110 Å². The molecule has 0 atom stereocenters. The number of benzene rings is 2. The van der Waals surface area contributed by atoms with Crippen molar-refractivity contribution < 1.29 is 20.1 Å². The van der Waals surface area contributed by atoms with E-state index in [0.29, 0.717) is 12.0 Å². The van der Waals surface area contributed by atoms with Crippen molar-refractivity contribution in [3.05, 3.63) is 53.1 Å². The Kier molecular flexibility index (Phi) is 14.4. The zero-order valence-electron chi connectivity index (χ0n) is 22.2. The van der Waals surface area contributed by atoms with E-state index in [9.17, 15) is 20.1 Å². The Balaban J connectivity index is 1.65. The van der Waals surface area contributed by atoms with Gasteiger partial charge in [-0.2, -0.15) is 0 Å². The van der Waals surface area contributed by atoms with Crippen molar-refractivity contribution in [1.82, 2.24) is 0 Å². The Hall–Kier alpha value is -2.75. The summed E-state index contributed by atoms with van der Waals surface area (Å²) in [6, 6.07) is 9.40. The van der Waals surface area contributed by atoms with E-state index < -0.39 is 0 Å². The number of phenolic OH excluding ortho intramolecular Hbond substituents is 3. The second kappa shape index (κ2) is 17.6. The highest BCUT2D eigenvalue weighted by molar-refractivity contribution is 6.02. The topological polar surface area (TPSA) is 77.8 Å². The maximum atomic E-state index is 12.9. The second-order valence-corrected chi connectivity index (χ2v) is 9.98. The van der Waals surface area contributed by atoms with Gasteiger partial charge in [-0.25, -0.2) is 0 Å². The number of carbonyl (C=O) groups is 1. The molecule has 0 aromatic heterocycles. The maximum absolute atomic E-state index is 12.9. The number of unbranched alkanes of at least 4 members (excludes halogenated alkanes) is 14. The lowest BCUT2D eigenvalue weighted by Crippen LogP contribution is -2.02. The van der Waals surface area contributed by atoms with Gasteiger partial charge in [-0.1, -0.05) is 121 Å². The number of rotatable bonds is 19. The van der Waals surface area contributed by atoms with Gasteiger partial charge in [0.05, 0.1) is 5.56 Å². The number of aromatic hydroxyl groups is 3. The Morgan fingerprint density at radius 3 is 1.67 bits per heavy atom. The summed E-state index contributed by atoms with van der Waals surface area (Å²) < 4.78 is 0. The van der Waals surface area contributed by atoms with Crippen LogP contribution in [0.2, 0.25) is 0 Å². The van der Waals surface area contributed by atoms with Crippen LogP contribution in [0.25, 0.3) is 12.2 Å². The van der Waals surface area contributed by atoms with E-state index in [4.69, 9.17) is 0 Å². The first-order valence-corrected chi connectivity index (χ1v) is 14.1. The van der Waals surface area contributed by atoms with E-state index in [-0.39, 0.29) is 28.6 Å². The summed E-state index contributed by atoms with van der Waals surface area (Å²) in [7, 11) is 0. The zero-order valence-corrected chi connectivity index (χ0v) is 22.2. The molecule has 0 spiro atoms. The fourth-order valence-electron chi connectivity index (χ4n) is 4.62. The number of phenols is 3. The molecular weight excluding hydrogens is 448 g/mol. The van der Waals surface area contributed by atoms with Gasteiger partial charge in [-0.05, 0) is 35.7 Å². The third kappa shape index (κ3) is 11.8. The van der Waals surface area contributed by atoms with Gasteiger partial charge < -0.3 is 15.3 Å². The van der Waals surface area contributed by atoms with Crippen molar-refractivity contribution in [2.24, 2.45) is 0 Å². The summed E-state index contributed by atoms with van der Waals surface area (Å²) in [6.45, 7) is 2.26. The molecule has 0 heterocycles. The number of Topliss-reactive ketones (excluding diaryl/α,β-unsaturated/α-hetero) is 1. The largest absolute Gasteiger partial charge is 0.508 e. The third-order valence-electron chi connectivity index (χ3n) is 6.77. The fraction of sp³-hybridized carbons (Fsp3) is 0.531. The van der Waals surface area contributed by atoms with Gasteiger partial charge in [-0.3, -0.25) is 4.79 Å². The van der Waals surface area contributed by atoms with Gasteiger partial charge in [-0.15, -0.1) is 0 Å². The molecule has 198 valence electrons. The molecule has 0 aliphatic carbocycles. The molecular formula is C32H46O4. The normalized spacial score (nSPS) is 11.4. The van der Waals surface area contributed by atoms with Gasteiger partial charge in [0.1, 0.15) is 17.2 Å². The van der Waals surface area contributed by atoms with Crippen LogP contribution in [0.4, 0.5) is 0 Å². The van der Waals surface area contributed by atoms with Crippen LogP contribution in [0.3, 0.4) is 0 Å². The van der Waals surface area contributed by atoms with E-state index in [0.717, 1.165) is 24.8 Å². The molecule has 2 aromatic carbocycles. The molecule has 36 heavy (non-hydrogen) atoms. The van der Waals surface area contributed by atoms with Crippen LogP contribution in [0.15, 0.2) is 36.4 Å². The Morgan fingerprint density at radius 2 is 1.14 bits per heavy atom. The fourth-order valence-corrected chi connectivity index (χ4v) is 4.62. The average molecular weight is 495 g/mol. The van der Waals surface area contributed by atoms with Crippen molar-refractivity contribution in [3.8, 4) is 17.2 Å². The molecule has 3 N–H and O–H groups in total. The first kappa shape index (κ1) is 29.5. The van der Waals surface area contributed by atoms with Crippen LogP contribution in [0, 0.1) is 0 Å². The van der Waals surface area contributed by atoms with Crippen LogP contribution < -0.4 is 0 Å². The van der Waals surface area contributed by atoms with E-state index in [2.05, 4.69) is 6.92 Å². The molecule has 0 unspecified atom stereocenters. The smallest absolute Gasteiger partial charge is 0.167 e. The Bertz CT molecular complexity index is 914. The summed E-state index contributed by atoms with van der Waals surface area (Å²) in [5.41, 5.74) is 1.59. The maximum Gasteiger partial charge on any atom is 0.167 e. The van der Waals surface area contributed by atoms with Crippen molar-refractivity contribution in [1.29, 1.82) is 0 Å². The van der Waals surface area contributed by atoms with Crippen molar-refractivity contribution in [3.63, 3.8) is 0 Å². The van der Waals surface area contributed by atoms with Gasteiger partial charge in [0.2, 0.25) is 0 Å². The van der Waals surface area contributed by atoms with Crippen molar-refractivity contribution >= 4 is 17.9 Å². The molecule has 4 heteroatoms. The van der Waals surface area contributed by atoms with Crippen LogP contribution in [-0.2, 0) is 0 Å². The minimum atomic E-state index is -0.189. The molecule has 0 saturated carbocycles. The van der Waals surface area contributed by atoms with Gasteiger partial charge in [0.25, 0.3) is 0 Å². The number of hydrogen-bond acceptors (Lipinski definition) is 4. The molecule has 0 radical (unpaired) electrons. The monoisotopic (exact) mass is 494 g/mol. The number of carbonyl (C=O) groups excluding carboxylic acids is 1. The summed E-state index contributed by atoms with van der Waals surface area (Å²) in [5, 5.41) is 29.7. The van der Waals surface area contributed by atoms with E-state index in [1.165, 1.54) is 89.2 Å². The molecule has 2 aromatic rings. The van der Waals surface area contributed by atoms with E-state index >= 15 is 0 Å². The van der Waals surface area contributed by atoms with Crippen LogP contribution >= 0.6 is 0 Å². The zero-order chi connectivity index (χ0) is 26.0. The summed E-state index contributed by atoms with van der Waals surface area (Å²) in [5.74, 6) is -0.193. The molecule has 0 aliphatic rings. The molecule has 0 saturated heterocycles. The third-order valence-corrected chi connectivity index (χ3v) is 6.77.